The van der Waals surface area contributed by atoms with Gasteiger partial charge in [-0.2, -0.15) is 0 Å². The van der Waals surface area contributed by atoms with Crippen LogP contribution in [0, 0.1) is 0 Å². The zero-order chi connectivity index (χ0) is 16.4. The molecule has 1 fully saturated rings. The van der Waals surface area contributed by atoms with Crippen molar-refractivity contribution in [3.63, 3.8) is 0 Å². The predicted molar refractivity (Wildman–Crippen MR) is 98.9 cm³/mol. The minimum atomic E-state index is 0.731. The number of fused-ring (bicyclic) bond motifs is 1. The lowest BCUT2D eigenvalue weighted by atomic mass is 10.1. The Balaban J connectivity index is 1.57. The van der Waals surface area contributed by atoms with Crippen LogP contribution in [0.15, 0.2) is 54.7 Å². The molecular weight excluding hydrogens is 294 g/mol. The minimum absolute atomic E-state index is 0.731. The van der Waals surface area contributed by atoms with E-state index in [9.17, 15) is 0 Å². The molecule has 3 heteroatoms. The second-order valence-electron chi connectivity index (χ2n) is 6.72. The van der Waals surface area contributed by atoms with Crippen LogP contribution in [-0.4, -0.2) is 34.0 Å². The fourth-order valence-corrected chi connectivity index (χ4v) is 3.56. The van der Waals surface area contributed by atoms with Crippen LogP contribution < -0.4 is 0 Å². The first-order chi connectivity index (χ1) is 11.8. The maximum absolute atomic E-state index is 4.82. The van der Waals surface area contributed by atoms with Gasteiger partial charge in [-0.1, -0.05) is 36.4 Å². The molecule has 24 heavy (non-hydrogen) atoms. The van der Waals surface area contributed by atoms with E-state index < -0.39 is 0 Å². The molecule has 0 amide bonds. The maximum Gasteiger partial charge on any atom is 0.0897 e. The van der Waals surface area contributed by atoms with E-state index in [2.05, 4.69) is 47.1 Å². The van der Waals surface area contributed by atoms with Gasteiger partial charge in [-0.15, -0.1) is 0 Å². The van der Waals surface area contributed by atoms with Crippen LogP contribution in [0.2, 0.25) is 0 Å². The average Bonchev–Trinajstić information content (AvgIpc) is 3.05. The Morgan fingerprint density at radius 1 is 1.08 bits per heavy atom. The van der Waals surface area contributed by atoms with Crippen molar-refractivity contribution < 1.29 is 0 Å². The second-order valence-corrected chi connectivity index (χ2v) is 6.72. The molecule has 1 aliphatic rings. The van der Waals surface area contributed by atoms with E-state index in [0.29, 0.717) is 0 Å². The molecule has 0 saturated carbocycles. The zero-order valence-corrected chi connectivity index (χ0v) is 14.2. The van der Waals surface area contributed by atoms with Crippen molar-refractivity contribution in [2.75, 3.05) is 13.1 Å². The van der Waals surface area contributed by atoms with Gasteiger partial charge in [-0.3, -0.25) is 4.98 Å². The third kappa shape index (κ3) is 3.17. The summed E-state index contributed by atoms with van der Waals surface area (Å²) in [5.41, 5.74) is 5.36. The van der Waals surface area contributed by atoms with Gasteiger partial charge in [0.2, 0.25) is 0 Å². The highest BCUT2D eigenvalue weighted by molar-refractivity contribution is 5.77. The molecule has 0 aliphatic carbocycles. The van der Waals surface area contributed by atoms with Gasteiger partial charge in [0.15, 0.2) is 0 Å². The van der Waals surface area contributed by atoms with Crippen LogP contribution in [0.4, 0.5) is 0 Å². The van der Waals surface area contributed by atoms with E-state index in [1.807, 2.05) is 24.4 Å². The van der Waals surface area contributed by atoms with Crippen LogP contribution in [-0.2, 0) is 6.42 Å². The summed E-state index contributed by atoms with van der Waals surface area (Å²) in [6.07, 6.45) is 5.62. The third-order valence-corrected chi connectivity index (χ3v) is 5.05. The van der Waals surface area contributed by atoms with Crippen molar-refractivity contribution in [1.29, 1.82) is 0 Å². The summed E-state index contributed by atoms with van der Waals surface area (Å²) in [6, 6.07) is 17.5. The topological polar surface area (TPSA) is 29.0 Å². The largest absolute Gasteiger partial charge is 0.300 e. The monoisotopic (exact) mass is 317 g/mol. The molecule has 0 bridgehead atoms. The van der Waals surface area contributed by atoms with Crippen LogP contribution in [0.3, 0.4) is 0 Å². The number of aromatic nitrogens is 2. The Morgan fingerprint density at radius 2 is 1.96 bits per heavy atom. The summed E-state index contributed by atoms with van der Waals surface area (Å²) in [6.45, 7) is 4.72. The van der Waals surface area contributed by atoms with Crippen molar-refractivity contribution in [2.45, 2.75) is 32.2 Å². The highest BCUT2D eigenvalue weighted by Gasteiger charge is 2.19. The summed E-state index contributed by atoms with van der Waals surface area (Å²) in [5, 5.41) is 0. The number of hydrogen-bond donors (Lipinski definition) is 0. The molecule has 2 heterocycles. The van der Waals surface area contributed by atoms with Gasteiger partial charge < -0.3 is 4.90 Å². The van der Waals surface area contributed by atoms with Crippen molar-refractivity contribution >= 4 is 11.0 Å². The Kier molecular flexibility index (Phi) is 4.26. The van der Waals surface area contributed by atoms with Crippen molar-refractivity contribution in [1.82, 2.24) is 14.9 Å². The average molecular weight is 317 g/mol. The quantitative estimate of drug-likeness (QED) is 0.717. The number of likely N-dealkylation sites (tertiary alicyclic amines) is 1. The first kappa shape index (κ1) is 15.3. The van der Waals surface area contributed by atoms with Gasteiger partial charge in [-0.25, -0.2) is 4.98 Å². The third-order valence-electron chi connectivity index (χ3n) is 5.05. The first-order valence-corrected chi connectivity index (χ1v) is 8.85. The fraction of sp³-hybridized carbons (Fsp3) is 0.333. The van der Waals surface area contributed by atoms with Gasteiger partial charge in [0.05, 0.1) is 22.9 Å². The van der Waals surface area contributed by atoms with Crippen LogP contribution in [0.25, 0.3) is 22.3 Å². The van der Waals surface area contributed by atoms with Crippen molar-refractivity contribution in [3.05, 3.63) is 60.3 Å². The predicted octanol–water partition coefficient (Wildman–Crippen LogP) is 4.32. The molecule has 1 atom stereocenters. The Labute approximate surface area is 143 Å². The van der Waals surface area contributed by atoms with E-state index in [1.54, 1.807) is 0 Å². The molecular formula is C21H23N3. The molecule has 2 aromatic carbocycles. The molecule has 1 saturated heterocycles. The minimum Gasteiger partial charge on any atom is -0.300 e. The summed E-state index contributed by atoms with van der Waals surface area (Å²) in [4.78, 5) is 12.0. The molecule has 0 N–H and O–H groups in total. The lowest BCUT2D eigenvalue weighted by Gasteiger charge is -2.20. The fourth-order valence-electron chi connectivity index (χ4n) is 3.56. The standard InChI is InChI=1S/C21H23N3/c1-16-6-5-12-24(16)13-11-17-9-10-19-20(14-17)23-21(15-22-19)18-7-3-2-4-8-18/h2-4,7-10,14-16H,5-6,11-13H2,1H3/t16-/m0/s1. The van der Waals surface area contributed by atoms with Crippen LogP contribution in [0.5, 0.6) is 0 Å². The molecule has 122 valence electrons. The Hall–Kier alpha value is -2.26. The van der Waals surface area contributed by atoms with Crippen molar-refractivity contribution in [3.8, 4) is 11.3 Å². The van der Waals surface area contributed by atoms with Gasteiger partial charge in [-0.05, 0) is 50.4 Å². The SMILES string of the molecule is C[C@H]1CCCN1CCc1ccc2ncc(-c3ccccc3)nc2c1. The van der Waals surface area contributed by atoms with Gasteiger partial charge in [0, 0.05) is 18.2 Å². The van der Waals surface area contributed by atoms with E-state index >= 15 is 0 Å². The molecule has 3 nitrogen and oxygen atoms in total. The Morgan fingerprint density at radius 3 is 2.75 bits per heavy atom. The molecule has 1 aromatic heterocycles. The number of hydrogen-bond acceptors (Lipinski definition) is 3. The highest BCUT2D eigenvalue weighted by Crippen LogP contribution is 2.21. The summed E-state index contributed by atoms with van der Waals surface area (Å²) < 4.78 is 0. The lowest BCUT2D eigenvalue weighted by Crippen LogP contribution is -2.28. The molecule has 3 aromatic rings. The zero-order valence-electron chi connectivity index (χ0n) is 14.2. The molecule has 0 spiro atoms. The van der Waals surface area contributed by atoms with Crippen LogP contribution in [0.1, 0.15) is 25.3 Å². The van der Waals surface area contributed by atoms with Gasteiger partial charge >= 0.3 is 0 Å². The molecule has 0 unspecified atom stereocenters. The van der Waals surface area contributed by atoms with E-state index in [4.69, 9.17) is 4.98 Å². The second kappa shape index (κ2) is 6.70. The number of rotatable bonds is 4. The number of nitrogens with zero attached hydrogens (tertiary/aromatic N) is 3. The smallest absolute Gasteiger partial charge is 0.0897 e. The normalized spacial score (nSPS) is 18.3. The molecule has 0 radical (unpaired) electrons. The molecule has 4 rings (SSSR count). The number of benzene rings is 2. The van der Waals surface area contributed by atoms with Crippen LogP contribution >= 0.6 is 0 Å². The summed E-state index contributed by atoms with van der Waals surface area (Å²) >= 11 is 0. The van der Waals surface area contributed by atoms with Gasteiger partial charge in [0.1, 0.15) is 0 Å². The summed E-state index contributed by atoms with van der Waals surface area (Å²) in [7, 11) is 0. The Bertz CT molecular complexity index is 829. The lowest BCUT2D eigenvalue weighted by molar-refractivity contribution is 0.272. The van der Waals surface area contributed by atoms with E-state index in [0.717, 1.165) is 41.3 Å². The van der Waals surface area contributed by atoms with Crippen molar-refractivity contribution in [2.24, 2.45) is 0 Å². The van der Waals surface area contributed by atoms with E-state index in [1.165, 1.54) is 24.9 Å². The van der Waals surface area contributed by atoms with Gasteiger partial charge in [0.25, 0.3) is 0 Å². The highest BCUT2D eigenvalue weighted by atomic mass is 15.2. The maximum atomic E-state index is 4.82. The van der Waals surface area contributed by atoms with E-state index in [-0.39, 0.29) is 0 Å². The first-order valence-electron chi connectivity index (χ1n) is 8.85. The molecule has 1 aliphatic heterocycles. The summed E-state index contributed by atoms with van der Waals surface area (Å²) in [5.74, 6) is 0.